The number of nitrogens with zero attached hydrogens (tertiary/aromatic N) is 1. The summed E-state index contributed by atoms with van der Waals surface area (Å²) in [4.78, 5) is 16.6. The number of urea groups is 1. The van der Waals surface area contributed by atoms with Crippen LogP contribution in [-0.2, 0) is 16.1 Å². The van der Waals surface area contributed by atoms with Gasteiger partial charge in [0.25, 0.3) is 0 Å². The second-order valence-electron chi connectivity index (χ2n) is 13.2. The minimum atomic E-state index is -0.606. The van der Waals surface area contributed by atoms with Crippen molar-refractivity contribution in [1.82, 2.24) is 5.32 Å². The van der Waals surface area contributed by atoms with Gasteiger partial charge in [-0.15, -0.1) is 11.8 Å². The second kappa shape index (κ2) is 16.3. The number of aliphatic hydroxyl groups is 2. The number of ether oxygens (including phenoxy) is 2. The molecule has 0 radical (unpaired) electrons. The summed E-state index contributed by atoms with van der Waals surface area (Å²) in [5.41, 5.74) is 4.65. The van der Waals surface area contributed by atoms with Gasteiger partial charge in [-0.3, -0.25) is 0 Å². The van der Waals surface area contributed by atoms with Gasteiger partial charge in [0.05, 0.1) is 31.5 Å². The summed E-state index contributed by atoms with van der Waals surface area (Å²) in [6, 6.07) is 24.0. The highest BCUT2D eigenvalue weighted by Gasteiger charge is 2.44. The largest absolute Gasteiger partial charge is 0.394 e. The van der Waals surface area contributed by atoms with Crippen molar-refractivity contribution in [2.75, 3.05) is 36.7 Å². The second-order valence-corrected chi connectivity index (χ2v) is 14.2. The molecule has 3 aromatic rings. The van der Waals surface area contributed by atoms with Crippen LogP contribution in [0.4, 0.5) is 16.2 Å². The van der Waals surface area contributed by atoms with Gasteiger partial charge in [-0.1, -0.05) is 69.2 Å². The van der Waals surface area contributed by atoms with Gasteiger partial charge in [0, 0.05) is 60.3 Å². The minimum absolute atomic E-state index is 0.149. The molecule has 2 heterocycles. The fraction of sp³-hybridized carbons (Fsp3) is 0.500. The van der Waals surface area contributed by atoms with Gasteiger partial charge in [-0.2, -0.15) is 0 Å². The third-order valence-corrected chi connectivity index (χ3v) is 11.1. The molecule has 5 unspecified atom stereocenters. The molecule has 0 bridgehead atoms. The predicted octanol–water partition coefficient (Wildman–Crippen LogP) is 7.14. The number of unbranched alkanes of at least 4 members (excludes halogenated alkanes) is 1. The molecule has 5 rings (SSSR count). The highest BCUT2D eigenvalue weighted by atomic mass is 32.2. The molecular formula is C38H51N3O5S. The molecule has 254 valence electrons. The van der Waals surface area contributed by atoms with Crippen molar-refractivity contribution >= 4 is 29.2 Å². The fourth-order valence-corrected chi connectivity index (χ4v) is 8.33. The van der Waals surface area contributed by atoms with E-state index in [9.17, 15) is 15.0 Å². The molecular weight excluding hydrogens is 611 g/mol. The Morgan fingerprint density at radius 2 is 1.87 bits per heavy atom. The van der Waals surface area contributed by atoms with Crippen LogP contribution in [-0.4, -0.2) is 67.2 Å². The molecule has 1 fully saturated rings. The molecule has 8 nitrogen and oxygen atoms in total. The van der Waals surface area contributed by atoms with Gasteiger partial charge in [-0.25, -0.2) is 4.79 Å². The third-order valence-electron chi connectivity index (χ3n) is 9.72. The molecule has 47 heavy (non-hydrogen) atoms. The van der Waals surface area contributed by atoms with E-state index in [1.807, 2.05) is 74.4 Å². The van der Waals surface area contributed by atoms with E-state index in [0.717, 1.165) is 53.8 Å². The molecule has 2 amide bonds. The van der Waals surface area contributed by atoms with Crippen LogP contribution in [0.3, 0.4) is 0 Å². The summed E-state index contributed by atoms with van der Waals surface area (Å²) >= 11 is 1.85. The summed E-state index contributed by atoms with van der Waals surface area (Å²) in [6.45, 7) is 4.71. The van der Waals surface area contributed by atoms with Gasteiger partial charge in [0.2, 0.25) is 0 Å². The van der Waals surface area contributed by atoms with E-state index in [-0.39, 0.29) is 24.0 Å². The fourth-order valence-electron chi connectivity index (χ4n) is 6.85. The van der Waals surface area contributed by atoms with E-state index in [0.29, 0.717) is 25.1 Å². The lowest BCUT2D eigenvalue weighted by Gasteiger charge is -2.40. The van der Waals surface area contributed by atoms with Crippen molar-refractivity contribution in [3.05, 3.63) is 89.5 Å². The Morgan fingerprint density at radius 3 is 2.60 bits per heavy atom. The number of amides is 2. The van der Waals surface area contributed by atoms with Crippen molar-refractivity contribution in [3.8, 4) is 0 Å². The Bertz CT molecular complexity index is 1460. The summed E-state index contributed by atoms with van der Waals surface area (Å²) in [5, 5.41) is 28.1. The zero-order chi connectivity index (χ0) is 33.4. The molecule has 4 N–H and O–H groups in total. The maximum atomic E-state index is 13.3. The maximum absolute atomic E-state index is 13.3. The quantitative estimate of drug-likeness (QED) is 0.164. The zero-order valence-corrected chi connectivity index (χ0v) is 29.0. The Hall–Kier alpha value is -3.08. The van der Waals surface area contributed by atoms with E-state index in [1.54, 1.807) is 0 Å². The maximum Gasteiger partial charge on any atom is 0.321 e. The summed E-state index contributed by atoms with van der Waals surface area (Å²) in [6.07, 6.45) is 3.25. The summed E-state index contributed by atoms with van der Waals surface area (Å²) < 4.78 is 12.1. The van der Waals surface area contributed by atoms with Crippen LogP contribution in [0.1, 0.15) is 75.0 Å². The van der Waals surface area contributed by atoms with E-state index in [4.69, 9.17) is 9.47 Å². The molecule has 0 saturated carbocycles. The molecule has 6 atom stereocenters. The molecule has 2 aliphatic rings. The average molecular weight is 662 g/mol. The standard InChI is InChI=1S/C38H51N3O5S/c1-5-7-18-38(6-2)25-47-33-17-16-29(41(3)4)20-32(33)35(36(38)43)27-14-11-15-28(19-27)39-37(44)40-34-22-30(21-31(23-42)46-34)45-24-26-12-9-8-10-13-26/h8-17,19-20,30-31,34-36,42-43H,5-7,18,21-25H2,1-4H3,(H2,39,40,44)/t30?,31?,34?,35?,36?,38-/m1/s1. The number of fused-ring (bicyclic) bond motifs is 1. The molecule has 9 heteroatoms. The Balaban J connectivity index is 1.34. The topological polar surface area (TPSA) is 103 Å². The van der Waals surface area contributed by atoms with Crippen molar-refractivity contribution in [2.24, 2.45) is 5.41 Å². The Labute approximate surface area is 284 Å². The lowest BCUT2D eigenvalue weighted by atomic mass is 9.69. The predicted molar refractivity (Wildman–Crippen MR) is 190 cm³/mol. The average Bonchev–Trinajstić information content (AvgIpc) is 3.20. The number of hydrogen-bond donors (Lipinski definition) is 4. The van der Waals surface area contributed by atoms with Crippen molar-refractivity contribution in [2.45, 2.75) is 94.3 Å². The third kappa shape index (κ3) is 8.69. The van der Waals surface area contributed by atoms with Crippen molar-refractivity contribution in [3.63, 3.8) is 0 Å². The highest BCUT2D eigenvalue weighted by Crippen LogP contribution is 2.51. The highest BCUT2D eigenvalue weighted by molar-refractivity contribution is 7.99. The number of anilines is 2. The monoisotopic (exact) mass is 661 g/mol. The van der Waals surface area contributed by atoms with E-state index in [2.05, 4.69) is 53.6 Å². The first-order chi connectivity index (χ1) is 22.7. The van der Waals surface area contributed by atoms with Crippen molar-refractivity contribution < 1.29 is 24.5 Å². The lowest BCUT2D eigenvalue weighted by Crippen LogP contribution is -2.48. The normalized spacial score (nSPS) is 25.8. The SMILES string of the molecule is CCCC[C@]1(CC)CSc2ccc(N(C)C)cc2C(c2cccc(NC(=O)NC3CC(OCc4ccccc4)CC(CO)O3)c2)C1O. The van der Waals surface area contributed by atoms with Gasteiger partial charge in [-0.05, 0) is 59.9 Å². The summed E-state index contributed by atoms with van der Waals surface area (Å²) in [7, 11) is 4.07. The number of thioether (sulfide) groups is 1. The van der Waals surface area contributed by atoms with Gasteiger partial charge in [0.15, 0.2) is 0 Å². The first-order valence-electron chi connectivity index (χ1n) is 17.0. The molecule has 2 aliphatic heterocycles. The van der Waals surface area contributed by atoms with Crippen molar-refractivity contribution in [1.29, 1.82) is 0 Å². The zero-order valence-electron chi connectivity index (χ0n) is 28.2. The first-order valence-corrected chi connectivity index (χ1v) is 17.9. The smallest absolute Gasteiger partial charge is 0.321 e. The molecule has 0 spiro atoms. The lowest BCUT2D eigenvalue weighted by molar-refractivity contribution is -0.136. The number of nitrogens with one attached hydrogen (secondary N) is 2. The van der Waals surface area contributed by atoms with Gasteiger partial charge < -0.3 is 35.2 Å². The van der Waals surface area contributed by atoms with Crippen LogP contribution in [0.5, 0.6) is 0 Å². The molecule has 1 saturated heterocycles. The van der Waals surface area contributed by atoms with Crippen LogP contribution < -0.4 is 15.5 Å². The summed E-state index contributed by atoms with van der Waals surface area (Å²) in [5.74, 6) is 0.610. The number of hydrogen-bond acceptors (Lipinski definition) is 7. The molecule has 0 aliphatic carbocycles. The number of carbonyl (C=O) groups excluding carboxylic acids is 1. The van der Waals surface area contributed by atoms with Gasteiger partial charge >= 0.3 is 6.03 Å². The Morgan fingerprint density at radius 1 is 1.06 bits per heavy atom. The number of aliphatic hydroxyl groups excluding tert-OH is 2. The van der Waals surface area contributed by atoms with Gasteiger partial charge in [0.1, 0.15) is 6.23 Å². The number of rotatable bonds is 12. The van der Waals surface area contributed by atoms with E-state index < -0.39 is 24.5 Å². The van der Waals surface area contributed by atoms with Crippen LogP contribution in [0.25, 0.3) is 0 Å². The van der Waals surface area contributed by atoms with E-state index >= 15 is 0 Å². The number of carbonyl (C=O) groups is 1. The first kappa shape index (κ1) is 35.2. The molecule has 3 aromatic carbocycles. The Kier molecular flexibility index (Phi) is 12.3. The van der Waals surface area contributed by atoms with Crippen LogP contribution >= 0.6 is 11.8 Å². The molecule has 0 aromatic heterocycles. The van der Waals surface area contributed by atoms with Crippen LogP contribution in [0.2, 0.25) is 0 Å². The number of benzene rings is 3. The van der Waals surface area contributed by atoms with Crippen LogP contribution in [0, 0.1) is 5.41 Å². The minimum Gasteiger partial charge on any atom is -0.394 e. The van der Waals surface area contributed by atoms with E-state index in [1.165, 1.54) is 4.90 Å². The van der Waals surface area contributed by atoms with Crippen LogP contribution in [0.15, 0.2) is 77.7 Å².